The molecule has 0 bridgehead atoms. The Balaban J connectivity index is 1.65. The number of amides is 1. The van der Waals surface area contributed by atoms with Crippen molar-refractivity contribution < 1.29 is 36.5 Å². The number of hydrogen-bond donors (Lipinski definition) is 2. The predicted molar refractivity (Wildman–Crippen MR) is 93.9 cm³/mol. The Kier molecular flexibility index (Phi) is 5.88. The Bertz CT molecular complexity index is 843. The molecule has 1 unspecified atom stereocenters. The first kappa shape index (κ1) is 21.2. The normalized spacial score (nSPS) is 24.1. The summed E-state index contributed by atoms with van der Waals surface area (Å²) in [6.45, 7) is 0.449. The number of likely N-dealkylation sites (tertiary alicyclic amines) is 1. The fraction of sp³-hybridized carbons (Fsp3) is 0.733. The van der Waals surface area contributed by atoms with E-state index in [9.17, 15) is 30.8 Å². The molecule has 28 heavy (non-hydrogen) atoms. The molecule has 0 saturated carbocycles. The van der Waals surface area contributed by atoms with Crippen LogP contribution in [-0.4, -0.2) is 61.4 Å². The number of carbonyl (C=O) groups excluding carboxylic acids is 1. The van der Waals surface area contributed by atoms with Crippen LogP contribution in [0.4, 0.5) is 22.7 Å². The summed E-state index contributed by atoms with van der Waals surface area (Å²) in [6, 6.07) is -0.564. The average molecular weight is 445 g/mol. The van der Waals surface area contributed by atoms with Crippen LogP contribution in [0, 0.1) is 5.92 Å². The van der Waals surface area contributed by atoms with Gasteiger partial charge in [0, 0.05) is 17.3 Å². The Morgan fingerprint density at radius 3 is 2.71 bits per heavy atom. The summed E-state index contributed by atoms with van der Waals surface area (Å²) >= 11 is 0.972. The van der Waals surface area contributed by atoms with Crippen molar-refractivity contribution in [2.75, 3.05) is 23.6 Å². The quantitative estimate of drug-likeness (QED) is 0.652. The highest BCUT2D eigenvalue weighted by Gasteiger charge is 2.39. The van der Waals surface area contributed by atoms with E-state index < -0.39 is 34.2 Å². The van der Waals surface area contributed by atoms with E-state index >= 15 is 0 Å². The van der Waals surface area contributed by atoms with E-state index in [-0.39, 0.29) is 23.5 Å². The molecule has 1 amide bonds. The van der Waals surface area contributed by atoms with Gasteiger partial charge in [-0.1, -0.05) is 0 Å². The minimum Gasteiger partial charge on any atom is -0.347 e. The van der Waals surface area contributed by atoms with Gasteiger partial charge < -0.3 is 10.6 Å². The van der Waals surface area contributed by atoms with E-state index in [2.05, 4.69) is 10.7 Å². The highest BCUT2D eigenvalue weighted by Crippen LogP contribution is 2.34. The first-order valence-corrected chi connectivity index (χ1v) is 11.2. The van der Waals surface area contributed by atoms with Gasteiger partial charge in [0.15, 0.2) is 16.9 Å². The molecule has 1 saturated heterocycles. The van der Waals surface area contributed by atoms with Crippen LogP contribution in [0.3, 0.4) is 0 Å². The number of nitrogens with zero attached hydrogens (tertiary/aromatic N) is 2. The largest absolute Gasteiger partial charge is 0.404 e. The van der Waals surface area contributed by atoms with Crippen LogP contribution < -0.4 is 10.5 Å². The van der Waals surface area contributed by atoms with Crippen LogP contribution >= 0.6 is 11.3 Å². The second-order valence-corrected chi connectivity index (χ2v) is 9.95. The fourth-order valence-corrected chi connectivity index (χ4v) is 5.84. The third kappa shape index (κ3) is 5.11. The summed E-state index contributed by atoms with van der Waals surface area (Å²) in [5.41, 5.74) is 4.57. The second kappa shape index (κ2) is 7.75. The molecule has 2 heterocycles. The number of carbonyl (C=O) groups is 1. The number of hydrogen-bond acceptors (Lipinski definition) is 5. The van der Waals surface area contributed by atoms with Gasteiger partial charge in [-0.2, -0.15) is 13.2 Å². The topological polar surface area (TPSA) is 107 Å². The zero-order chi connectivity index (χ0) is 20.7. The first-order chi connectivity index (χ1) is 12.9. The third-order valence-electron chi connectivity index (χ3n) is 4.90. The minimum absolute atomic E-state index is 0.0779. The van der Waals surface area contributed by atoms with Crippen molar-refractivity contribution in [3.63, 3.8) is 0 Å². The Labute approximate surface area is 163 Å². The standard InChI is InChI=1S/C15H20F4N4O3S2/c16-9-3-4-23(6-9)13(24)12(20)8-1-2-10-11(5-8)27-14(21-10)22-28(25,26)7-15(17,18)19/h8-9,12H,1-7,20H2,(H,21,22)/p+1/t8?,9-,12-/m0/s1. The van der Waals surface area contributed by atoms with Crippen molar-refractivity contribution in [1.82, 2.24) is 9.88 Å². The molecule has 0 aromatic carbocycles. The summed E-state index contributed by atoms with van der Waals surface area (Å²) in [4.78, 5) is 18.8. The van der Waals surface area contributed by atoms with Gasteiger partial charge >= 0.3 is 6.18 Å². The van der Waals surface area contributed by atoms with Crippen molar-refractivity contribution in [3.8, 4) is 0 Å². The molecule has 1 aliphatic carbocycles. The number of fused-ring (bicyclic) bond motifs is 1. The van der Waals surface area contributed by atoms with E-state index in [0.717, 1.165) is 16.2 Å². The lowest BCUT2D eigenvalue weighted by atomic mass is 9.85. The molecular formula is C15H21F4N4O3S2+. The number of nitrogens with one attached hydrogen (secondary N) is 1. The third-order valence-corrected chi connectivity index (χ3v) is 7.28. The lowest BCUT2D eigenvalue weighted by molar-refractivity contribution is -0.418. The molecule has 1 aliphatic heterocycles. The van der Waals surface area contributed by atoms with Gasteiger partial charge in [0.1, 0.15) is 6.17 Å². The SMILES string of the molecule is [NH3+][C@H](C(=O)N1CC[C@H](F)C1)C1CCc2nc(NS(=O)(=O)CC(F)(F)F)sc2C1. The van der Waals surface area contributed by atoms with Crippen LogP contribution in [0.2, 0.25) is 0 Å². The number of rotatable bonds is 5. The Morgan fingerprint density at radius 2 is 2.11 bits per heavy atom. The van der Waals surface area contributed by atoms with Crippen molar-refractivity contribution >= 4 is 32.4 Å². The molecule has 4 N–H and O–H groups in total. The summed E-state index contributed by atoms with van der Waals surface area (Å²) in [7, 11) is -4.59. The van der Waals surface area contributed by atoms with Gasteiger partial charge in [0.25, 0.3) is 5.91 Å². The zero-order valence-corrected chi connectivity index (χ0v) is 16.5. The molecule has 2 aliphatic rings. The lowest BCUT2D eigenvalue weighted by Crippen LogP contribution is -2.71. The summed E-state index contributed by atoms with van der Waals surface area (Å²) in [5, 5.41) is -0.110. The first-order valence-electron chi connectivity index (χ1n) is 8.75. The predicted octanol–water partition coefficient (Wildman–Crippen LogP) is 0.733. The number of anilines is 1. The van der Waals surface area contributed by atoms with Gasteiger partial charge in [-0.3, -0.25) is 9.52 Å². The van der Waals surface area contributed by atoms with Gasteiger partial charge in [0.05, 0.1) is 12.2 Å². The van der Waals surface area contributed by atoms with Crippen LogP contribution in [0.5, 0.6) is 0 Å². The Hall–Kier alpha value is -1.47. The molecule has 3 atom stereocenters. The van der Waals surface area contributed by atoms with E-state index in [4.69, 9.17) is 0 Å². The van der Waals surface area contributed by atoms with Gasteiger partial charge in [-0.15, -0.1) is 11.3 Å². The summed E-state index contributed by atoms with van der Waals surface area (Å²) in [5.74, 6) is -2.30. The summed E-state index contributed by atoms with van der Waals surface area (Å²) in [6.07, 6.45) is -4.03. The maximum absolute atomic E-state index is 13.3. The number of quaternary nitrogens is 1. The van der Waals surface area contributed by atoms with E-state index in [0.29, 0.717) is 37.9 Å². The van der Waals surface area contributed by atoms with E-state index in [1.54, 1.807) is 0 Å². The molecule has 0 radical (unpaired) electrons. The second-order valence-electron chi connectivity index (χ2n) is 7.14. The maximum atomic E-state index is 13.3. The minimum atomic E-state index is -4.84. The number of halogens is 4. The average Bonchev–Trinajstić information content (AvgIpc) is 3.15. The number of sulfonamides is 1. The van der Waals surface area contributed by atoms with Crippen molar-refractivity contribution in [2.24, 2.45) is 5.92 Å². The smallest absolute Gasteiger partial charge is 0.347 e. The zero-order valence-electron chi connectivity index (χ0n) is 14.8. The molecular weight excluding hydrogens is 424 g/mol. The fourth-order valence-electron chi connectivity index (χ4n) is 3.53. The van der Waals surface area contributed by atoms with Crippen molar-refractivity contribution in [1.29, 1.82) is 0 Å². The molecule has 13 heteroatoms. The van der Waals surface area contributed by atoms with E-state index in [1.165, 1.54) is 4.90 Å². The lowest BCUT2D eigenvalue weighted by Gasteiger charge is -2.26. The number of aryl methyl sites for hydroxylation is 1. The monoisotopic (exact) mass is 445 g/mol. The molecule has 7 nitrogen and oxygen atoms in total. The van der Waals surface area contributed by atoms with Gasteiger partial charge in [0.2, 0.25) is 10.0 Å². The molecule has 1 aromatic heterocycles. The van der Waals surface area contributed by atoms with Crippen LogP contribution in [0.25, 0.3) is 0 Å². The molecule has 1 fully saturated rings. The van der Waals surface area contributed by atoms with Gasteiger partial charge in [-0.25, -0.2) is 17.8 Å². The summed E-state index contributed by atoms with van der Waals surface area (Å²) < 4.78 is 75.5. The van der Waals surface area contributed by atoms with Gasteiger partial charge in [-0.05, 0) is 25.7 Å². The van der Waals surface area contributed by atoms with Crippen LogP contribution in [0.15, 0.2) is 0 Å². The number of alkyl halides is 4. The highest BCUT2D eigenvalue weighted by molar-refractivity contribution is 7.92. The molecule has 0 spiro atoms. The molecule has 1 aromatic rings. The van der Waals surface area contributed by atoms with Crippen LogP contribution in [-0.2, 0) is 27.7 Å². The Morgan fingerprint density at radius 1 is 1.39 bits per heavy atom. The van der Waals surface area contributed by atoms with E-state index in [1.807, 2.05) is 4.72 Å². The number of aromatic nitrogens is 1. The van der Waals surface area contributed by atoms with Crippen LogP contribution in [0.1, 0.15) is 23.4 Å². The molecule has 3 rings (SSSR count). The highest BCUT2D eigenvalue weighted by atomic mass is 32.2. The maximum Gasteiger partial charge on any atom is 0.404 e. The molecule has 158 valence electrons. The van der Waals surface area contributed by atoms with Crippen molar-refractivity contribution in [3.05, 3.63) is 10.6 Å². The van der Waals surface area contributed by atoms with Crippen molar-refractivity contribution in [2.45, 2.75) is 44.1 Å². The number of thiazole rings is 1.